The van der Waals surface area contributed by atoms with Crippen molar-refractivity contribution in [2.45, 2.75) is 52.1 Å². The van der Waals surface area contributed by atoms with Crippen molar-refractivity contribution in [3.8, 4) is 0 Å². The summed E-state index contributed by atoms with van der Waals surface area (Å²) in [6.45, 7) is 15.1. The van der Waals surface area contributed by atoms with E-state index in [9.17, 15) is 13.2 Å². The average molecular weight is 407 g/mol. The molecule has 1 unspecified atom stereocenters. The fourth-order valence-corrected chi connectivity index (χ4v) is 4.03. The molecule has 0 bridgehead atoms. The molecule has 0 aliphatic heterocycles. The van der Waals surface area contributed by atoms with Crippen molar-refractivity contribution < 1.29 is 13.2 Å². The van der Waals surface area contributed by atoms with Crippen LogP contribution in [0.1, 0.15) is 54.5 Å². The van der Waals surface area contributed by atoms with Crippen molar-refractivity contribution in [2.24, 2.45) is 0 Å². The van der Waals surface area contributed by atoms with Crippen molar-refractivity contribution in [1.82, 2.24) is 0 Å². The van der Waals surface area contributed by atoms with Gasteiger partial charge in [0.25, 0.3) is 0 Å². The second-order valence-electron chi connectivity index (χ2n) is 7.54. The van der Waals surface area contributed by atoms with Crippen LogP contribution in [0.15, 0.2) is 49.6 Å². The van der Waals surface area contributed by atoms with E-state index in [1.54, 1.807) is 26.0 Å². The molecule has 0 heterocycles. The van der Waals surface area contributed by atoms with E-state index in [0.29, 0.717) is 21.7 Å². The van der Waals surface area contributed by atoms with Crippen LogP contribution < -0.4 is 0 Å². The van der Waals surface area contributed by atoms with Crippen molar-refractivity contribution in [2.75, 3.05) is 0 Å². The highest BCUT2D eigenvalue weighted by Gasteiger charge is 2.54. The number of allylic oxidation sites excluding steroid dienone is 2. The fourth-order valence-electron chi connectivity index (χ4n) is 3.74. The van der Waals surface area contributed by atoms with Crippen LogP contribution in [0.4, 0.5) is 13.2 Å². The highest BCUT2D eigenvalue weighted by molar-refractivity contribution is 6.30. The van der Waals surface area contributed by atoms with Gasteiger partial charge in [0.1, 0.15) is 0 Å². The van der Waals surface area contributed by atoms with Gasteiger partial charge in [-0.2, -0.15) is 13.2 Å². The number of aryl methyl sites for hydroxylation is 2. The predicted molar refractivity (Wildman–Crippen MR) is 114 cm³/mol. The van der Waals surface area contributed by atoms with Gasteiger partial charge in [-0.1, -0.05) is 61.5 Å². The molecule has 2 rings (SSSR count). The van der Waals surface area contributed by atoms with Gasteiger partial charge < -0.3 is 0 Å². The first-order chi connectivity index (χ1) is 12.9. The molecule has 0 spiro atoms. The van der Waals surface area contributed by atoms with Crippen LogP contribution in [0.3, 0.4) is 0 Å². The van der Waals surface area contributed by atoms with Crippen LogP contribution in [0.25, 0.3) is 11.1 Å². The molecule has 28 heavy (non-hydrogen) atoms. The normalized spacial score (nSPS) is 13.9. The third-order valence-electron chi connectivity index (χ3n) is 5.35. The quantitative estimate of drug-likeness (QED) is 0.452. The van der Waals surface area contributed by atoms with E-state index in [1.807, 2.05) is 32.0 Å². The van der Waals surface area contributed by atoms with Crippen molar-refractivity contribution in [3.63, 3.8) is 0 Å². The number of halogens is 4. The van der Waals surface area contributed by atoms with Crippen molar-refractivity contribution >= 4 is 22.7 Å². The Hall–Kier alpha value is -2.00. The van der Waals surface area contributed by atoms with E-state index in [2.05, 4.69) is 13.2 Å². The maximum Gasteiger partial charge on any atom is 0.398 e. The molecule has 0 radical (unpaired) electrons. The Labute approximate surface area is 170 Å². The maximum atomic E-state index is 14.4. The summed E-state index contributed by atoms with van der Waals surface area (Å²) in [7, 11) is 0. The monoisotopic (exact) mass is 406 g/mol. The zero-order valence-corrected chi connectivity index (χ0v) is 17.6. The van der Waals surface area contributed by atoms with Gasteiger partial charge in [0, 0.05) is 5.02 Å². The van der Waals surface area contributed by atoms with E-state index >= 15 is 0 Å². The molecule has 0 N–H and O–H groups in total. The van der Waals surface area contributed by atoms with Gasteiger partial charge in [-0.15, -0.1) is 0 Å². The molecule has 0 saturated heterocycles. The Morgan fingerprint density at radius 3 is 2.14 bits per heavy atom. The van der Waals surface area contributed by atoms with Gasteiger partial charge in [-0.3, -0.25) is 0 Å². The highest BCUT2D eigenvalue weighted by atomic mass is 35.5. The van der Waals surface area contributed by atoms with Crippen molar-refractivity contribution in [1.29, 1.82) is 0 Å². The molecular weight excluding hydrogens is 381 g/mol. The third kappa shape index (κ3) is 4.35. The Morgan fingerprint density at radius 2 is 1.68 bits per heavy atom. The van der Waals surface area contributed by atoms with Gasteiger partial charge in [0.2, 0.25) is 0 Å². The van der Waals surface area contributed by atoms with Crippen LogP contribution in [-0.2, 0) is 5.41 Å². The van der Waals surface area contributed by atoms with E-state index in [1.165, 1.54) is 6.07 Å². The predicted octanol–water partition coefficient (Wildman–Crippen LogP) is 8.30. The lowest BCUT2D eigenvalue weighted by Crippen LogP contribution is -2.42. The highest BCUT2D eigenvalue weighted by Crippen LogP contribution is 2.49. The summed E-state index contributed by atoms with van der Waals surface area (Å²) in [5.74, 6) is 0. The van der Waals surface area contributed by atoms with Crippen LogP contribution in [0.5, 0.6) is 0 Å². The van der Waals surface area contributed by atoms with E-state index in [-0.39, 0.29) is 18.4 Å². The van der Waals surface area contributed by atoms with Crippen molar-refractivity contribution in [3.05, 3.63) is 82.4 Å². The summed E-state index contributed by atoms with van der Waals surface area (Å²) in [4.78, 5) is 0. The minimum Gasteiger partial charge on any atom is -0.170 e. The summed E-state index contributed by atoms with van der Waals surface area (Å²) >= 11 is 6.09. The first kappa shape index (κ1) is 22.3. The van der Waals surface area contributed by atoms with Crippen LogP contribution in [0.2, 0.25) is 5.02 Å². The summed E-state index contributed by atoms with van der Waals surface area (Å²) < 4.78 is 43.1. The topological polar surface area (TPSA) is 0 Å². The van der Waals surface area contributed by atoms with Gasteiger partial charge in [-0.05, 0) is 79.1 Å². The molecular formula is C24H26ClF3. The van der Waals surface area contributed by atoms with E-state index in [4.69, 9.17) is 11.6 Å². The Morgan fingerprint density at radius 1 is 1.04 bits per heavy atom. The van der Waals surface area contributed by atoms with Gasteiger partial charge in [-0.25, -0.2) is 0 Å². The minimum absolute atomic E-state index is 0.0991. The standard InChI is InChI=1S/C24H26ClF3/c1-7-23(24(26,27)28,20-10-16(4)11-21(25)13-20)14-18(6)19-8-9-22(15(2)3)17(5)12-19/h8-13H,2,6-7,14H2,1,3-5H3. The first-order valence-electron chi connectivity index (χ1n) is 9.20. The molecule has 4 heteroatoms. The molecule has 0 aliphatic rings. The van der Waals surface area contributed by atoms with E-state index in [0.717, 1.165) is 16.7 Å². The van der Waals surface area contributed by atoms with E-state index < -0.39 is 11.6 Å². The Bertz CT molecular complexity index is 888. The molecule has 0 aliphatic carbocycles. The lowest BCUT2D eigenvalue weighted by molar-refractivity contribution is -0.190. The van der Waals surface area contributed by atoms with Crippen LogP contribution in [0, 0.1) is 13.8 Å². The summed E-state index contributed by atoms with van der Waals surface area (Å²) in [6, 6.07) is 10.3. The second kappa shape index (κ2) is 8.16. The molecule has 0 amide bonds. The number of hydrogen-bond acceptors (Lipinski definition) is 0. The summed E-state index contributed by atoms with van der Waals surface area (Å²) in [5.41, 5.74) is 2.90. The molecule has 0 saturated carbocycles. The lowest BCUT2D eigenvalue weighted by Gasteiger charge is -2.36. The Balaban J connectivity index is 2.53. The Kier molecular flexibility index (Phi) is 6.50. The summed E-state index contributed by atoms with van der Waals surface area (Å²) in [5, 5.41) is 0.310. The molecule has 0 nitrogen and oxygen atoms in total. The smallest absolute Gasteiger partial charge is 0.170 e. The van der Waals surface area contributed by atoms with Gasteiger partial charge in [0.15, 0.2) is 0 Å². The lowest BCUT2D eigenvalue weighted by atomic mass is 9.71. The fraction of sp³-hybridized carbons (Fsp3) is 0.333. The number of benzene rings is 2. The first-order valence-corrected chi connectivity index (χ1v) is 9.58. The van der Waals surface area contributed by atoms with Gasteiger partial charge >= 0.3 is 6.18 Å². The largest absolute Gasteiger partial charge is 0.398 e. The van der Waals surface area contributed by atoms with Crippen LogP contribution in [-0.4, -0.2) is 6.18 Å². The molecule has 1 atom stereocenters. The SMILES string of the molecule is C=C(CC(CC)(c1cc(C)cc(Cl)c1)C(F)(F)F)c1ccc(C(=C)C)c(C)c1. The van der Waals surface area contributed by atoms with Crippen LogP contribution >= 0.6 is 11.6 Å². The number of hydrogen-bond donors (Lipinski definition) is 0. The number of rotatable bonds is 6. The summed E-state index contributed by atoms with van der Waals surface area (Å²) in [6.07, 6.45) is -4.76. The zero-order valence-electron chi connectivity index (χ0n) is 16.8. The average Bonchev–Trinajstić information content (AvgIpc) is 2.56. The molecule has 2 aromatic carbocycles. The molecule has 0 fully saturated rings. The number of alkyl halides is 3. The zero-order chi connectivity index (χ0) is 21.3. The maximum absolute atomic E-state index is 14.4. The second-order valence-corrected chi connectivity index (χ2v) is 7.98. The molecule has 2 aromatic rings. The van der Waals surface area contributed by atoms with Gasteiger partial charge in [0.05, 0.1) is 5.41 Å². The minimum atomic E-state index is -4.44. The molecule has 0 aromatic heterocycles. The third-order valence-corrected chi connectivity index (χ3v) is 5.57. The molecule has 150 valence electrons.